The van der Waals surface area contributed by atoms with Crippen molar-refractivity contribution in [3.63, 3.8) is 0 Å². The van der Waals surface area contributed by atoms with Gasteiger partial charge in [0.2, 0.25) is 10.0 Å². The molecule has 0 unspecified atom stereocenters. The largest absolute Gasteiger partial charge is 0.419 e. The number of carbonyl (C=O) groups excluding carboxylic acids is 1. The van der Waals surface area contributed by atoms with Gasteiger partial charge in [0.05, 0.1) is 10.5 Å². The van der Waals surface area contributed by atoms with E-state index < -0.39 is 33.5 Å². The zero-order valence-corrected chi connectivity index (χ0v) is 16.3. The SMILES string of the molecule is Cc1cc(C(=O)Nc2ccc(F)c(C(F)(F)F)c2)cc(S(=O)(=O)N(C)C)c1C. The van der Waals surface area contributed by atoms with Crippen LogP contribution in [0.1, 0.15) is 27.0 Å². The lowest BCUT2D eigenvalue weighted by Crippen LogP contribution is -2.24. The number of sulfonamides is 1. The van der Waals surface area contributed by atoms with Crippen LogP contribution in [-0.2, 0) is 16.2 Å². The van der Waals surface area contributed by atoms with Gasteiger partial charge in [-0.1, -0.05) is 0 Å². The van der Waals surface area contributed by atoms with Crippen molar-refractivity contribution in [2.45, 2.75) is 24.9 Å². The van der Waals surface area contributed by atoms with E-state index in [1.165, 1.54) is 20.2 Å². The quantitative estimate of drug-likeness (QED) is 0.765. The van der Waals surface area contributed by atoms with Crippen LogP contribution in [0.25, 0.3) is 0 Å². The van der Waals surface area contributed by atoms with Crippen LogP contribution < -0.4 is 5.32 Å². The Morgan fingerprint density at radius 1 is 1.07 bits per heavy atom. The normalized spacial score (nSPS) is 12.3. The van der Waals surface area contributed by atoms with Crippen LogP contribution >= 0.6 is 0 Å². The van der Waals surface area contributed by atoms with Crippen molar-refractivity contribution in [2.24, 2.45) is 0 Å². The van der Waals surface area contributed by atoms with Crippen molar-refractivity contribution in [1.82, 2.24) is 4.31 Å². The zero-order chi connectivity index (χ0) is 21.4. The molecule has 5 nitrogen and oxygen atoms in total. The predicted molar refractivity (Wildman–Crippen MR) is 96.1 cm³/mol. The van der Waals surface area contributed by atoms with Crippen molar-refractivity contribution in [3.05, 3.63) is 58.4 Å². The summed E-state index contributed by atoms with van der Waals surface area (Å²) in [5.41, 5.74) is -0.869. The summed E-state index contributed by atoms with van der Waals surface area (Å²) in [4.78, 5) is 12.4. The molecule has 1 amide bonds. The molecular formula is C18H18F4N2O3S. The minimum absolute atomic E-state index is 0.0543. The van der Waals surface area contributed by atoms with Gasteiger partial charge in [-0.05, 0) is 55.3 Å². The first kappa shape index (κ1) is 21.8. The van der Waals surface area contributed by atoms with Gasteiger partial charge in [-0.3, -0.25) is 4.79 Å². The molecule has 2 rings (SSSR count). The van der Waals surface area contributed by atoms with Crippen molar-refractivity contribution in [2.75, 3.05) is 19.4 Å². The van der Waals surface area contributed by atoms with E-state index in [4.69, 9.17) is 0 Å². The molecule has 0 bridgehead atoms. The molecule has 0 aromatic heterocycles. The maximum atomic E-state index is 13.4. The molecule has 0 aliphatic carbocycles. The Kier molecular flexibility index (Phi) is 5.86. The van der Waals surface area contributed by atoms with E-state index in [-0.39, 0.29) is 16.1 Å². The van der Waals surface area contributed by atoms with E-state index in [1.54, 1.807) is 13.8 Å². The van der Waals surface area contributed by atoms with Gasteiger partial charge in [0.1, 0.15) is 5.82 Å². The first-order chi connectivity index (χ1) is 12.7. The van der Waals surface area contributed by atoms with E-state index in [9.17, 15) is 30.8 Å². The topological polar surface area (TPSA) is 66.5 Å². The summed E-state index contributed by atoms with van der Waals surface area (Å²) in [5.74, 6) is -2.28. The second kappa shape index (κ2) is 7.51. The number of hydrogen-bond donors (Lipinski definition) is 1. The maximum Gasteiger partial charge on any atom is 0.419 e. The second-order valence-electron chi connectivity index (χ2n) is 6.35. The first-order valence-electron chi connectivity index (χ1n) is 7.97. The van der Waals surface area contributed by atoms with Gasteiger partial charge in [-0.15, -0.1) is 0 Å². The summed E-state index contributed by atoms with van der Waals surface area (Å²) in [7, 11) is -1.15. The van der Waals surface area contributed by atoms with Crippen molar-refractivity contribution < 1.29 is 30.8 Å². The highest BCUT2D eigenvalue weighted by Crippen LogP contribution is 2.33. The molecule has 0 aliphatic rings. The van der Waals surface area contributed by atoms with Gasteiger partial charge in [0, 0.05) is 25.3 Å². The summed E-state index contributed by atoms with van der Waals surface area (Å²) < 4.78 is 77.8. The van der Waals surface area contributed by atoms with Crippen molar-refractivity contribution >= 4 is 21.6 Å². The number of alkyl halides is 3. The minimum Gasteiger partial charge on any atom is -0.322 e. The van der Waals surface area contributed by atoms with Gasteiger partial charge in [-0.25, -0.2) is 17.1 Å². The number of carbonyl (C=O) groups is 1. The highest BCUT2D eigenvalue weighted by molar-refractivity contribution is 7.89. The Balaban J connectivity index is 2.45. The van der Waals surface area contributed by atoms with E-state index in [0.717, 1.165) is 16.4 Å². The van der Waals surface area contributed by atoms with E-state index in [2.05, 4.69) is 5.32 Å². The number of halogens is 4. The minimum atomic E-state index is -4.92. The molecule has 0 spiro atoms. The van der Waals surface area contributed by atoms with Gasteiger partial charge in [0.15, 0.2) is 0 Å². The highest BCUT2D eigenvalue weighted by Gasteiger charge is 2.34. The Morgan fingerprint density at radius 3 is 2.21 bits per heavy atom. The average molecular weight is 418 g/mol. The second-order valence-corrected chi connectivity index (χ2v) is 8.47. The smallest absolute Gasteiger partial charge is 0.322 e. The third kappa shape index (κ3) is 4.33. The number of aryl methyl sites for hydroxylation is 1. The zero-order valence-electron chi connectivity index (χ0n) is 15.5. The first-order valence-corrected chi connectivity index (χ1v) is 9.41. The fraction of sp³-hybridized carbons (Fsp3) is 0.278. The number of nitrogens with zero attached hydrogens (tertiary/aromatic N) is 1. The van der Waals surface area contributed by atoms with Crippen LogP contribution in [0.2, 0.25) is 0 Å². The molecule has 152 valence electrons. The average Bonchev–Trinajstić information content (AvgIpc) is 2.57. The Morgan fingerprint density at radius 2 is 1.68 bits per heavy atom. The lowest BCUT2D eigenvalue weighted by atomic mass is 10.1. The van der Waals surface area contributed by atoms with Crippen LogP contribution in [0, 0.1) is 19.7 Å². The molecule has 0 radical (unpaired) electrons. The summed E-state index contributed by atoms with van der Waals surface area (Å²) in [6.07, 6.45) is -4.92. The van der Waals surface area contributed by atoms with E-state index in [0.29, 0.717) is 23.3 Å². The Bertz CT molecular complexity index is 1030. The van der Waals surface area contributed by atoms with Gasteiger partial charge < -0.3 is 5.32 Å². The van der Waals surface area contributed by atoms with Crippen molar-refractivity contribution in [1.29, 1.82) is 0 Å². The van der Waals surface area contributed by atoms with Crippen LogP contribution in [0.3, 0.4) is 0 Å². The van der Waals surface area contributed by atoms with E-state index >= 15 is 0 Å². The number of benzene rings is 2. The number of nitrogens with one attached hydrogen (secondary N) is 1. The summed E-state index contributed by atoms with van der Waals surface area (Å²) in [5, 5.41) is 2.24. The molecule has 0 heterocycles. The molecule has 0 aliphatic heterocycles. The summed E-state index contributed by atoms with van der Waals surface area (Å²) >= 11 is 0. The molecule has 0 atom stereocenters. The molecule has 0 fully saturated rings. The molecule has 2 aromatic carbocycles. The highest BCUT2D eigenvalue weighted by atomic mass is 32.2. The van der Waals surface area contributed by atoms with Crippen LogP contribution in [0.4, 0.5) is 23.2 Å². The van der Waals surface area contributed by atoms with Crippen molar-refractivity contribution in [3.8, 4) is 0 Å². The molecule has 1 N–H and O–H groups in total. The van der Waals surface area contributed by atoms with Gasteiger partial charge >= 0.3 is 6.18 Å². The van der Waals surface area contributed by atoms with Gasteiger partial charge in [-0.2, -0.15) is 13.2 Å². The number of amides is 1. The lowest BCUT2D eigenvalue weighted by Gasteiger charge is -2.17. The Labute approximate surface area is 160 Å². The standard InChI is InChI=1S/C18H18F4N2O3S/c1-10-7-12(8-16(11(10)2)28(26,27)24(3)4)17(25)23-13-5-6-15(19)14(9-13)18(20,21)22/h5-9H,1-4H3,(H,23,25). The fourth-order valence-corrected chi connectivity index (χ4v) is 3.66. The van der Waals surface area contributed by atoms with Crippen LogP contribution in [0.5, 0.6) is 0 Å². The predicted octanol–water partition coefficient (Wildman–Crippen LogP) is 3.96. The molecule has 2 aromatic rings. The number of hydrogen-bond acceptors (Lipinski definition) is 3. The number of anilines is 1. The molecule has 0 saturated heterocycles. The van der Waals surface area contributed by atoms with Gasteiger partial charge in [0.25, 0.3) is 5.91 Å². The van der Waals surface area contributed by atoms with Crippen LogP contribution in [-0.4, -0.2) is 32.7 Å². The summed E-state index contributed by atoms with van der Waals surface area (Å²) in [6, 6.07) is 4.64. The van der Waals surface area contributed by atoms with E-state index in [1.807, 2.05) is 0 Å². The monoisotopic (exact) mass is 418 g/mol. The Hall–Kier alpha value is -2.46. The number of rotatable bonds is 4. The third-order valence-corrected chi connectivity index (χ3v) is 6.11. The molecule has 0 saturated carbocycles. The third-order valence-electron chi connectivity index (χ3n) is 4.17. The molecular weight excluding hydrogens is 400 g/mol. The molecule has 10 heteroatoms. The lowest BCUT2D eigenvalue weighted by molar-refractivity contribution is -0.139. The molecule has 28 heavy (non-hydrogen) atoms. The summed E-state index contributed by atoms with van der Waals surface area (Å²) in [6.45, 7) is 3.20. The van der Waals surface area contributed by atoms with Crippen LogP contribution in [0.15, 0.2) is 35.2 Å². The fourth-order valence-electron chi connectivity index (χ4n) is 2.45. The maximum absolute atomic E-state index is 13.4.